The topological polar surface area (TPSA) is 61.7 Å². The van der Waals surface area contributed by atoms with Gasteiger partial charge in [0.25, 0.3) is 0 Å². The fourth-order valence-corrected chi connectivity index (χ4v) is 1.63. The lowest BCUT2D eigenvalue weighted by Gasteiger charge is -2.16. The summed E-state index contributed by atoms with van der Waals surface area (Å²) in [4.78, 5) is 0. The van der Waals surface area contributed by atoms with E-state index in [1.165, 1.54) is 0 Å². The van der Waals surface area contributed by atoms with Crippen LogP contribution in [0, 0.1) is 0 Å². The standard InChI is InChI=1S/C13H21NO3/c1-2-14-12(10-16)7-8-17-13-6-4-3-5-11(13)9-15/h3-6,12,14-16H,2,7-10H2,1H3. The predicted octanol–water partition coefficient (Wildman–Crippen LogP) is 0.918. The largest absolute Gasteiger partial charge is 0.493 e. The number of aliphatic hydroxyl groups excluding tert-OH is 2. The number of nitrogens with one attached hydrogen (secondary N) is 1. The Morgan fingerprint density at radius 1 is 1.29 bits per heavy atom. The molecule has 0 aliphatic rings. The highest BCUT2D eigenvalue weighted by molar-refractivity contribution is 5.32. The predicted molar refractivity (Wildman–Crippen MR) is 67.0 cm³/mol. The fraction of sp³-hybridized carbons (Fsp3) is 0.538. The highest BCUT2D eigenvalue weighted by Gasteiger charge is 2.06. The van der Waals surface area contributed by atoms with Crippen LogP contribution in [-0.2, 0) is 6.61 Å². The number of benzene rings is 1. The van der Waals surface area contributed by atoms with Crippen LogP contribution < -0.4 is 10.1 Å². The van der Waals surface area contributed by atoms with Gasteiger partial charge in [-0.3, -0.25) is 0 Å². The zero-order chi connectivity index (χ0) is 12.5. The first kappa shape index (κ1) is 14.0. The maximum atomic E-state index is 9.13. The fourth-order valence-electron chi connectivity index (χ4n) is 1.63. The highest BCUT2D eigenvalue weighted by Crippen LogP contribution is 2.17. The first-order valence-corrected chi connectivity index (χ1v) is 5.97. The number of ether oxygens (including phenoxy) is 1. The van der Waals surface area contributed by atoms with Crippen molar-refractivity contribution in [1.29, 1.82) is 0 Å². The van der Waals surface area contributed by atoms with Gasteiger partial charge in [-0.1, -0.05) is 25.1 Å². The number of aliphatic hydroxyl groups is 2. The van der Waals surface area contributed by atoms with Crippen LogP contribution in [0.25, 0.3) is 0 Å². The van der Waals surface area contributed by atoms with E-state index < -0.39 is 0 Å². The normalized spacial score (nSPS) is 12.4. The smallest absolute Gasteiger partial charge is 0.124 e. The highest BCUT2D eigenvalue weighted by atomic mass is 16.5. The van der Waals surface area contributed by atoms with E-state index in [0.29, 0.717) is 12.4 Å². The van der Waals surface area contributed by atoms with E-state index in [1.54, 1.807) is 0 Å². The van der Waals surface area contributed by atoms with Crippen molar-refractivity contribution in [3.8, 4) is 5.75 Å². The Bertz CT molecular complexity index is 317. The minimum atomic E-state index is -0.0210. The van der Waals surface area contributed by atoms with Gasteiger partial charge in [0.15, 0.2) is 0 Å². The molecule has 0 bridgehead atoms. The number of rotatable bonds is 8. The lowest BCUT2D eigenvalue weighted by Crippen LogP contribution is -2.33. The van der Waals surface area contributed by atoms with E-state index in [2.05, 4.69) is 5.32 Å². The molecule has 3 N–H and O–H groups in total. The van der Waals surface area contributed by atoms with Gasteiger partial charge in [-0.15, -0.1) is 0 Å². The van der Waals surface area contributed by atoms with Crippen LogP contribution in [0.3, 0.4) is 0 Å². The van der Waals surface area contributed by atoms with E-state index >= 15 is 0 Å². The molecule has 1 aromatic carbocycles. The molecule has 1 unspecified atom stereocenters. The van der Waals surface area contributed by atoms with Crippen molar-refractivity contribution in [1.82, 2.24) is 5.32 Å². The molecule has 1 aromatic rings. The Morgan fingerprint density at radius 3 is 2.71 bits per heavy atom. The summed E-state index contributed by atoms with van der Waals surface area (Å²) in [7, 11) is 0. The van der Waals surface area contributed by atoms with Crippen molar-refractivity contribution in [2.24, 2.45) is 0 Å². The molecule has 0 spiro atoms. The molecule has 0 fully saturated rings. The molecule has 1 atom stereocenters. The van der Waals surface area contributed by atoms with Crippen LogP contribution in [0.4, 0.5) is 0 Å². The molecule has 17 heavy (non-hydrogen) atoms. The molecule has 0 aromatic heterocycles. The van der Waals surface area contributed by atoms with E-state index in [-0.39, 0.29) is 19.3 Å². The lowest BCUT2D eigenvalue weighted by atomic mass is 10.2. The third-order valence-corrected chi connectivity index (χ3v) is 2.58. The van der Waals surface area contributed by atoms with Gasteiger partial charge in [-0.25, -0.2) is 0 Å². The van der Waals surface area contributed by atoms with Gasteiger partial charge >= 0.3 is 0 Å². The molecule has 4 nitrogen and oxygen atoms in total. The Morgan fingerprint density at radius 2 is 2.06 bits per heavy atom. The average Bonchev–Trinajstić information content (AvgIpc) is 2.38. The maximum absolute atomic E-state index is 9.13. The second-order valence-corrected chi connectivity index (χ2v) is 3.84. The zero-order valence-corrected chi connectivity index (χ0v) is 10.2. The summed E-state index contributed by atoms with van der Waals surface area (Å²) in [6, 6.07) is 7.49. The van der Waals surface area contributed by atoms with E-state index in [0.717, 1.165) is 18.5 Å². The van der Waals surface area contributed by atoms with Crippen LogP contribution in [0.2, 0.25) is 0 Å². The van der Waals surface area contributed by atoms with Crippen LogP contribution in [0.5, 0.6) is 5.75 Å². The molecule has 0 heterocycles. The minimum absolute atomic E-state index is 0.0210. The number of hydrogen-bond acceptors (Lipinski definition) is 4. The van der Waals surface area contributed by atoms with Gasteiger partial charge in [-0.2, -0.15) is 0 Å². The summed E-state index contributed by atoms with van der Waals surface area (Å²) in [6.07, 6.45) is 0.740. The Kier molecular flexibility index (Phi) is 6.62. The number of likely N-dealkylation sites (N-methyl/N-ethyl adjacent to an activating group) is 1. The van der Waals surface area contributed by atoms with Crippen molar-refractivity contribution >= 4 is 0 Å². The van der Waals surface area contributed by atoms with Gasteiger partial charge in [0.05, 0.1) is 19.8 Å². The van der Waals surface area contributed by atoms with Crippen LogP contribution in [0.1, 0.15) is 18.9 Å². The SMILES string of the molecule is CCNC(CO)CCOc1ccccc1CO. The molecule has 4 heteroatoms. The minimum Gasteiger partial charge on any atom is -0.493 e. The third kappa shape index (κ3) is 4.73. The van der Waals surface area contributed by atoms with Gasteiger partial charge in [0.1, 0.15) is 5.75 Å². The summed E-state index contributed by atoms with van der Waals surface area (Å²) in [6.45, 7) is 3.45. The van der Waals surface area contributed by atoms with Crippen molar-refractivity contribution in [2.45, 2.75) is 26.0 Å². The first-order chi connectivity index (χ1) is 8.31. The quantitative estimate of drug-likeness (QED) is 0.631. The number of para-hydroxylation sites is 1. The number of hydrogen-bond donors (Lipinski definition) is 3. The molecule has 0 radical (unpaired) electrons. The molecule has 0 saturated heterocycles. The van der Waals surface area contributed by atoms with Crippen LogP contribution in [-0.4, -0.2) is 36.0 Å². The molecule has 0 aliphatic heterocycles. The van der Waals surface area contributed by atoms with Crippen molar-refractivity contribution in [3.63, 3.8) is 0 Å². The molecule has 0 aliphatic carbocycles. The molecule has 96 valence electrons. The van der Waals surface area contributed by atoms with Gasteiger partial charge < -0.3 is 20.3 Å². The van der Waals surface area contributed by atoms with E-state index in [1.807, 2.05) is 31.2 Å². The Labute approximate surface area is 102 Å². The molecule has 0 amide bonds. The lowest BCUT2D eigenvalue weighted by molar-refractivity contribution is 0.207. The maximum Gasteiger partial charge on any atom is 0.124 e. The van der Waals surface area contributed by atoms with Crippen molar-refractivity contribution in [2.75, 3.05) is 19.8 Å². The molecule has 0 saturated carbocycles. The van der Waals surface area contributed by atoms with Gasteiger partial charge in [0, 0.05) is 11.6 Å². The third-order valence-electron chi connectivity index (χ3n) is 2.58. The van der Waals surface area contributed by atoms with Crippen LogP contribution >= 0.6 is 0 Å². The van der Waals surface area contributed by atoms with E-state index in [4.69, 9.17) is 14.9 Å². The summed E-state index contributed by atoms with van der Waals surface area (Å²) in [5.41, 5.74) is 0.788. The Hall–Kier alpha value is -1.10. The second kappa shape index (κ2) is 8.06. The van der Waals surface area contributed by atoms with Crippen molar-refractivity contribution < 1.29 is 14.9 Å². The zero-order valence-electron chi connectivity index (χ0n) is 10.2. The van der Waals surface area contributed by atoms with Crippen molar-refractivity contribution in [3.05, 3.63) is 29.8 Å². The van der Waals surface area contributed by atoms with Gasteiger partial charge in [-0.05, 0) is 19.0 Å². The Balaban J connectivity index is 2.39. The summed E-state index contributed by atoms with van der Waals surface area (Å²) >= 11 is 0. The molecular formula is C13H21NO3. The average molecular weight is 239 g/mol. The monoisotopic (exact) mass is 239 g/mol. The molecular weight excluding hydrogens is 218 g/mol. The summed E-state index contributed by atoms with van der Waals surface area (Å²) in [5.74, 6) is 0.711. The summed E-state index contributed by atoms with van der Waals surface area (Å²) < 4.78 is 5.60. The van der Waals surface area contributed by atoms with E-state index in [9.17, 15) is 0 Å². The second-order valence-electron chi connectivity index (χ2n) is 3.84. The molecule has 1 rings (SSSR count). The van der Waals surface area contributed by atoms with Gasteiger partial charge in [0.2, 0.25) is 0 Å². The van der Waals surface area contributed by atoms with Crippen LogP contribution in [0.15, 0.2) is 24.3 Å². The first-order valence-electron chi connectivity index (χ1n) is 5.97. The summed E-state index contributed by atoms with van der Waals surface area (Å²) in [5, 5.41) is 21.4.